The van der Waals surface area contributed by atoms with Crippen molar-refractivity contribution < 1.29 is 36.6 Å². The Morgan fingerprint density at radius 2 is 1.91 bits per heavy atom. The van der Waals surface area contributed by atoms with Crippen molar-refractivity contribution in [2.45, 2.75) is 18.2 Å². The molecular weight excluding hydrogens is 327 g/mol. The summed E-state index contributed by atoms with van der Waals surface area (Å²) in [5, 5.41) is 11.6. The van der Waals surface area contributed by atoms with Gasteiger partial charge in [0, 0.05) is 30.8 Å². The molecule has 2 rings (SSSR count). The number of benzene rings is 1. The van der Waals surface area contributed by atoms with Gasteiger partial charge in [0.15, 0.2) is 23.0 Å². The maximum absolute atomic E-state index is 13.5. The highest BCUT2D eigenvalue weighted by Gasteiger charge is 2.57. The molecule has 0 spiro atoms. The Kier molecular flexibility index (Phi) is 4.38. The van der Waals surface area contributed by atoms with Gasteiger partial charge in [0.25, 0.3) is 0 Å². The molecule has 2 N–H and O–H groups in total. The van der Waals surface area contributed by atoms with Crippen molar-refractivity contribution in [3.63, 3.8) is 0 Å². The summed E-state index contributed by atoms with van der Waals surface area (Å²) in [6.45, 7) is -1.30. The van der Waals surface area contributed by atoms with Crippen molar-refractivity contribution >= 4 is 11.7 Å². The van der Waals surface area contributed by atoms with E-state index in [1.54, 1.807) is 0 Å². The van der Waals surface area contributed by atoms with Crippen LogP contribution < -0.4 is 10.1 Å². The summed E-state index contributed by atoms with van der Waals surface area (Å²) in [5.74, 6) is -2.79. The van der Waals surface area contributed by atoms with E-state index in [4.69, 9.17) is 0 Å². The lowest BCUT2D eigenvalue weighted by atomic mass is 10.0. The van der Waals surface area contributed by atoms with Crippen molar-refractivity contribution in [2.24, 2.45) is 0 Å². The molecule has 1 aliphatic heterocycles. The Hall–Kier alpha value is -2.10. The number of nitrogens with zero attached hydrogens (tertiary/aromatic N) is 1. The number of aliphatic hydroxyl groups is 1. The molecule has 0 bridgehead atoms. The third-order valence-corrected chi connectivity index (χ3v) is 3.52. The molecule has 1 heterocycles. The zero-order chi connectivity index (χ0) is 17.4. The van der Waals surface area contributed by atoms with Gasteiger partial charge in [-0.15, -0.1) is 0 Å². The average Bonchev–Trinajstić information content (AvgIpc) is 2.82. The number of urea groups is 1. The molecule has 1 aliphatic rings. The fourth-order valence-corrected chi connectivity index (χ4v) is 2.23. The molecule has 1 aromatic carbocycles. The maximum atomic E-state index is 13.5. The van der Waals surface area contributed by atoms with E-state index in [9.17, 15) is 31.9 Å². The molecule has 1 fully saturated rings. The largest absolute Gasteiger partial charge is 0.491 e. The van der Waals surface area contributed by atoms with Crippen LogP contribution in [0.1, 0.15) is 6.42 Å². The summed E-state index contributed by atoms with van der Waals surface area (Å²) >= 11 is 0. The number of hydrogen-bond donors (Lipinski definition) is 2. The second-order valence-corrected chi connectivity index (χ2v) is 5.10. The van der Waals surface area contributed by atoms with E-state index in [0.29, 0.717) is 4.90 Å². The van der Waals surface area contributed by atoms with Crippen molar-refractivity contribution in [2.75, 3.05) is 25.5 Å². The first-order valence-electron chi connectivity index (χ1n) is 6.45. The number of halogens is 5. The monoisotopic (exact) mass is 340 g/mol. The van der Waals surface area contributed by atoms with Crippen LogP contribution in [0.2, 0.25) is 0 Å². The molecule has 0 unspecified atom stereocenters. The van der Waals surface area contributed by atoms with Gasteiger partial charge in [-0.25, -0.2) is 13.6 Å². The zero-order valence-corrected chi connectivity index (χ0v) is 11.9. The Morgan fingerprint density at radius 1 is 1.35 bits per heavy atom. The number of rotatable bonds is 2. The van der Waals surface area contributed by atoms with Crippen LogP contribution in [-0.4, -0.2) is 48.0 Å². The smallest absolute Gasteiger partial charge is 0.419 e. The highest BCUT2D eigenvalue weighted by molar-refractivity contribution is 5.89. The molecule has 10 heteroatoms. The number of alkyl halides is 3. The summed E-state index contributed by atoms with van der Waals surface area (Å²) in [5.41, 5.74) is -3.27. The second-order valence-electron chi connectivity index (χ2n) is 5.10. The number of carbonyl (C=O) groups excluding carboxylic acids is 1. The fraction of sp³-hybridized carbons (Fsp3) is 0.462. The van der Waals surface area contributed by atoms with E-state index in [2.05, 4.69) is 10.1 Å². The topological polar surface area (TPSA) is 61.8 Å². The molecule has 1 atom stereocenters. The number of amides is 2. The first-order valence-corrected chi connectivity index (χ1v) is 6.45. The van der Waals surface area contributed by atoms with Gasteiger partial charge in [0.1, 0.15) is 0 Å². The lowest BCUT2D eigenvalue weighted by Gasteiger charge is -2.26. The number of likely N-dealkylation sites (tertiary alicyclic amines) is 1. The van der Waals surface area contributed by atoms with E-state index in [1.165, 1.54) is 0 Å². The minimum atomic E-state index is -4.87. The van der Waals surface area contributed by atoms with Gasteiger partial charge in [0.05, 0.1) is 13.7 Å². The van der Waals surface area contributed by atoms with Gasteiger partial charge < -0.3 is 20.1 Å². The number of hydrogen-bond acceptors (Lipinski definition) is 3. The van der Waals surface area contributed by atoms with Crippen LogP contribution in [0.4, 0.5) is 32.4 Å². The lowest BCUT2D eigenvalue weighted by molar-refractivity contribution is -0.253. The molecule has 1 aromatic rings. The number of anilines is 1. The lowest BCUT2D eigenvalue weighted by Crippen LogP contribution is -2.48. The standard InChI is InChI=1S/C13H13F5N2O3/c1-23-10-8(14)4-7(5-9(10)15)19-11(21)20-3-2-12(22,6-20)13(16,17)18/h4-5,22H,2-3,6H2,1H3,(H,19,21)/t12-/m1/s1. The van der Waals surface area contributed by atoms with Gasteiger partial charge in [-0.1, -0.05) is 0 Å². The quantitative estimate of drug-likeness (QED) is 0.814. The van der Waals surface area contributed by atoms with Gasteiger partial charge in [-0.2, -0.15) is 13.2 Å². The number of methoxy groups -OCH3 is 1. The molecule has 1 saturated heterocycles. The van der Waals surface area contributed by atoms with Gasteiger partial charge >= 0.3 is 12.2 Å². The fourth-order valence-electron chi connectivity index (χ4n) is 2.23. The van der Waals surface area contributed by atoms with Crippen LogP contribution in [0.5, 0.6) is 5.75 Å². The summed E-state index contributed by atoms with van der Waals surface area (Å²) in [6, 6.07) is 0.534. The molecule has 0 radical (unpaired) electrons. The van der Waals surface area contributed by atoms with Crippen LogP contribution >= 0.6 is 0 Å². The zero-order valence-electron chi connectivity index (χ0n) is 11.9. The number of β-amino-alcohol motifs (C(OH)–C–C–N with tert-alkyl or cyclic N) is 1. The molecule has 5 nitrogen and oxygen atoms in total. The molecule has 0 aliphatic carbocycles. The van der Waals surface area contributed by atoms with Crippen LogP contribution in [0.15, 0.2) is 12.1 Å². The molecule has 0 saturated carbocycles. The molecule has 128 valence electrons. The average molecular weight is 340 g/mol. The summed E-state index contributed by atoms with van der Waals surface area (Å²) in [4.78, 5) is 12.6. The normalized spacial score (nSPS) is 21.4. The predicted octanol–water partition coefficient (Wildman–Crippen LogP) is 2.50. The third-order valence-electron chi connectivity index (χ3n) is 3.52. The van der Waals surface area contributed by atoms with Crippen molar-refractivity contribution in [3.05, 3.63) is 23.8 Å². The summed E-state index contributed by atoms with van der Waals surface area (Å²) in [7, 11) is 1.06. The Labute approximate surface area is 127 Å². The van der Waals surface area contributed by atoms with Gasteiger partial charge in [-0.3, -0.25) is 0 Å². The second kappa shape index (κ2) is 5.84. The summed E-state index contributed by atoms with van der Waals surface area (Å²) < 4.78 is 69.5. The third kappa shape index (κ3) is 3.31. The van der Waals surface area contributed by atoms with Gasteiger partial charge in [0.2, 0.25) is 0 Å². The first-order chi connectivity index (χ1) is 10.6. The van der Waals surface area contributed by atoms with E-state index < -0.39 is 48.2 Å². The minimum absolute atomic E-state index is 0.284. The number of nitrogens with one attached hydrogen (secondary N) is 1. The first kappa shape index (κ1) is 17.3. The van der Waals surface area contributed by atoms with E-state index in [0.717, 1.165) is 19.2 Å². The summed E-state index contributed by atoms with van der Waals surface area (Å²) in [6.07, 6.45) is -5.55. The molecular formula is C13H13F5N2O3. The Balaban J connectivity index is 2.09. The van der Waals surface area contributed by atoms with Crippen molar-refractivity contribution in [1.82, 2.24) is 4.90 Å². The molecule has 23 heavy (non-hydrogen) atoms. The Morgan fingerprint density at radius 3 is 2.35 bits per heavy atom. The van der Waals surface area contributed by atoms with E-state index >= 15 is 0 Å². The maximum Gasteiger partial charge on any atom is 0.419 e. The number of carbonyl (C=O) groups is 1. The van der Waals surface area contributed by atoms with Crippen molar-refractivity contribution in [3.8, 4) is 5.75 Å². The van der Waals surface area contributed by atoms with Crippen LogP contribution in [0.3, 0.4) is 0 Å². The van der Waals surface area contributed by atoms with Crippen LogP contribution in [0.25, 0.3) is 0 Å². The highest BCUT2D eigenvalue weighted by Crippen LogP contribution is 2.37. The molecule has 0 aromatic heterocycles. The Bertz CT molecular complexity index is 599. The highest BCUT2D eigenvalue weighted by atomic mass is 19.4. The SMILES string of the molecule is COc1c(F)cc(NC(=O)N2CC[C@](O)(C(F)(F)F)C2)cc1F. The van der Waals surface area contributed by atoms with Crippen LogP contribution in [-0.2, 0) is 0 Å². The van der Waals surface area contributed by atoms with E-state index in [-0.39, 0.29) is 12.2 Å². The minimum Gasteiger partial charge on any atom is -0.491 e. The number of ether oxygens (including phenoxy) is 1. The molecule has 2 amide bonds. The predicted molar refractivity (Wildman–Crippen MR) is 69.1 cm³/mol. The van der Waals surface area contributed by atoms with Crippen molar-refractivity contribution in [1.29, 1.82) is 0 Å². The van der Waals surface area contributed by atoms with Gasteiger partial charge in [-0.05, 0) is 0 Å². The van der Waals surface area contributed by atoms with Crippen LogP contribution in [0, 0.1) is 11.6 Å². The van der Waals surface area contributed by atoms with E-state index in [1.807, 2.05) is 0 Å².